The molecule has 115 valence electrons. The van der Waals surface area contributed by atoms with Gasteiger partial charge in [0.2, 0.25) is 0 Å². The van der Waals surface area contributed by atoms with Crippen LogP contribution in [0.2, 0.25) is 0 Å². The fraction of sp³-hybridized carbons (Fsp3) is 0.409. The normalized spacial score (nSPS) is 12.3. The molecule has 22 heavy (non-hydrogen) atoms. The number of fused-ring (bicyclic) bond motifs is 3. The maximum Gasteiger partial charge on any atom is 0.0214 e. The molecule has 2 aromatic rings. The summed E-state index contributed by atoms with van der Waals surface area (Å²) in [7, 11) is 0. The van der Waals surface area contributed by atoms with Crippen LogP contribution in [0.4, 0.5) is 0 Å². The van der Waals surface area contributed by atoms with Crippen LogP contribution in [-0.2, 0) is 19.3 Å². The zero-order chi connectivity index (χ0) is 15.5. The first kappa shape index (κ1) is 15.3. The van der Waals surface area contributed by atoms with Gasteiger partial charge in [-0.1, -0.05) is 70.4 Å². The van der Waals surface area contributed by atoms with Gasteiger partial charge in [0.1, 0.15) is 0 Å². The SMILES string of the molecule is CCCc1cc2c(c(CCC)c1CCC)[CH]c1ccccc1-2. The molecule has 0 aliphatic heterocycles. The number of hydrogen-bond acceptors (Lipinski definition) is 0. The highest BCUT2D eigenvalue weighted by atomic mass is 14.3. The Bertz CT molecular complexity index is 664. The maximum absolute atomic E-state index is 2.49. The quantitative estimate of drug-likeness (QED) is 0.513. The van der Waals surface area contributed by atoms with Gasteiger partial charge in [-0.05, 0) is 58.2 Å². The predicted molar refractivity (Wildman–Crippen MR) is 96.4 cm³/mol. The minimum Gasteiger partial charge on any atom is -0.0651 e. The fourth-order valence-corrected chi connectivity index (χ4v) is 3.86. The van der Waals surface area contributed by atoms with E-state index in [1.54, 1.807) is 16.7 Å². The number of aryl methyl sites for hydroxylation is 1. The average Bonchev–Trinajstić information content (AvgIpc) is 2.89. The smallest absolute Gasteiger partial charge is 0.0214 e. The van der Waals surface area contributed by atoms with Crippen molar-refractivity contribution in [3.8, 4) is 11.1 Å². The van der Waals surface area contributed by atoms with Crippen molar-refractivity contribution in [1.82, 2.24) is 0 Å². The van der Waals surface area contributed by atoms with Crippen LogP contribution in [0.15, 0.2) is 30.3 Å². The lowest BCUT2D eigenvalue weighted by Gasteiger charge is -2.19. The van der Waals surface area contributed by atoms with Gasteiger partial charge in [-0.25, -0.2) is 0 Å². The minimum atomic E-state index is 1.21. The topological polar surface area (TPSA) is 0 Å². The Labute approximate surface area is 135 Å². The molecule has 1 radical (unpaired) electrons. The summed E-state index contributed by atoms with van der Waals surface area (Å²) in [6.45, 7) is 6.90. The lowest BCUT2D eigenvalue weighted by atomic mass is 9.86. The van der Waals surface area contributed by atoms with Crippen molar-refractivity contribution < 1.29 is 0 Å². The molecule has 1 aliphatic carbocycles. The second kappa shape index (κ2) is 6.69. The fourth-order valence-electron chi connectivity index (χ4n) is 3.86. The molecule has 2 aromatic carbocycles. The van der Waals surface area contributed by atoms with E-state index in [1.807, 2.05) is 0 Å². The van der Waals surface area contributed by atoms with E-state index in [-0.39, 0.29) is 0 Å². The molecule has 0 saturated carbocycles. The Morgan fingerprint density at radius 1 is 0.727 bits per heavy atom. The summed E-state index contributed by atoms with van der Waals surface area (Å²) in [5.74, 6) is 0. The van der Waals surface area contributed by atoms with E-state index >= 15 is 0 Å². The molecular weight excluding hydrogens is 264 g/mol. The highest BCUT2D eigenvalue weighted by molar-refractivity contribution is 5.83. The van der Waals surface area contributed by atoms with Crippen molar-refractivity contribution in [2.24, 2.45) is 0 Å². The molecule has 0 amide bonds. The average molecular weight is 291 g/mol. The molecule has 0 bridgehead atoms. The lowest BCUT2D eigenvalue weighted by Crippen LogP contribution is -2.04. The Morgan fingerprint density at radius 2 is 1.41 bits per heavy atom. The van der Waals surface area contributed by atoms with Crippen LogP contribution in [-0.4, -0.2) is 0 Å². The van der Waals surface area contributed by atoms with Gasteiger partial charge in [0, 0.05) is 6.42 Å². The molecule has 0 heterocycles. The van der Waals surface area contributed by atoms with E-state index in [9.17, 15) is 0 Å². The van der Waals surface area contributed by atoms with Gasteiger partial charge in [-0.3, -0.25) is 0 Å². The van der Waals surface area contributed by atoms with Crippen LogP contribution in [0.1, 0.15) is 67.9 Å². The summed E-state index contributed by atoms with van der Waals surface area (Å²) in [5.41, 5.74) is 10.7. The first-order valence-electron chi connectivity index (χ1n) is 8.91. The predicted octanol–water partition coefficient (Wildman–Crippen LogP) is 6.13. The molecule has 0 unspecified atom stereocenters. The van der Waals surface area contributed by atoms with E-state index in [1.165, 1.54) is 60.8 Å². The van der Waals surface area contributed by atoms with Crippen LogP contribution in [0.3, 0.4) is 0 Å². The highest BCUT2D eigenvalue weighted by Gasteiger charge is 2.24. The second-order valence-corrected chi connectivity index (χ2v) is 6.44. The Balaban J connectivity index is 2.20. The summed E-state index contributed by atoms with van der Waals surface area (Å²) >= 11 is 0. The van der Waals surface area contributed by atoms with Crippen LogP contribution < -0.4 is 0 Å². The summed E-state index contributed by atoms with van der Waals surface area (Å²) < 4.78 is 0. The lowest BCUT2D eigenvalue weighted by molar-refractivity contribution is 0.823. The van der Waals surface area contributed by atoms with Gasteiger partial charge >= 0.3 is 0 Å². The molecule has 0 heteroatoms. The third-order valence-corrected chi connectivity index (χ3v) is 4.76. The van der Waals surface area contributed by atoms with E-state index in [4.69, 9.17) is 0 Å². The standard InChI is InChI=1S/C22H27/c1-4-9-16-14-21-19-13-8-7-12-17(19)15-22(21)20(11-6-3)18(16)10-5-2/h7-8,12-15H,4-6,9-11H2,1-3H3. The number of rotatable bonds is 6. The summed E-state index contributed by atoms with van der Waals surface area (Å²) in [6.07, 6.45) is 9.75. The molecule has 0 saturated heterocycles. The van der Waals surface area contributed by atoms with Crippen molar-refractivity contribution in [3.63, 3.8) is 0 Å². The van der Waals surface area contributed by atoms with Gasteiger partial charge < -0.3 is 0 Å². The zero-order valence-corrected chi connectivity index (χ0v) is 14.2. The molecule has 0 fully saturated rings. The van der Waals surface area contributed by atoms with Crippen molar-refractivity contribution in [3.05, 3.63) is 64.6 Å². The van der Waals surface area contributed by atoms with E-state index in [0.29, 0.717) is 0 Å². The van der Waals surface area contributed by atoms with Gasteiger partial charge in [0.25, 0.3) is 0 Å². The largest absolute Gasteiger partial charge is 0.0651 e. The summed E-state index contributed by atoms with van der Waals surface area (Å²) in [5, 5.41) is 0. The third-order valence-electron chi connectivity index (χ3n) is 4.76. The van der Waals surface area contributed by atoms with Crippen molar-refractivity contribution >= 4 is 0 Å². The Kier molecular flexibility index (Phi) is 4.66. The van der Waals surface area contributed by atoms with Crippen LogP contribution in [0.5, 0.6) is 0 Å². The molecule has 0 N–H and O–H groups in total. The summed E-state index contributed by atoms with van der Waals surface area (Å²) in [4.78, 5) is 0. The van der Waals surface area contributed by atoms with Gasteiger partial charge in [0.05, 0.1) is 0 Å². The van der Waals surface area contributed by atoms with Crippen LogP contribution in [0, 0.1) is 6.42 Å². The highest BCUT2D eigenvalue weighted by Crippen LogP contribution is 2.42. The Morgan fingerprint density at radius 3 is 2.14 bits per heavy atom. The molecule has 0 nitrogen and oxygen atoms in total. The number of hydrogen-bond donors (Lipinski definition) is 0. The maximum atomic E-state index is 2.49. The van der Waals surface area contributed by atoms with Crippen molar-refractivity contribution in [2.75, 3.05) is 0 Å². The number of benzene rings is 2. The van der Waals surface area contributed by atoms with Crippen LogP contribution >= 0.6 is 0 Å². The van der Waals surface area contributed by atoms with Gasteiger partial charge in [-0.2, -0.15) is 0 Å². The van der Waals surface area contributed by atoms with E-state index in [0.717, 1.165) is 0 Å². The molecule has 0 atom stereocenters. The van der Waals surface area contributed by atoms with Crippen molar-refractivity contribution in [1.29, 1.82) is 0 Å². The first-order valence-corrected chi connectivity index (χ1v) is 8.91. The molecule has 0 aromatic heterocycles. The zero-order valence-electron chi connectivity index (χ0n) is 14.2. The van der Waals surface area contributed by atoms with Crippen LogP contribution in [0.25, 0.3) is 11.1 Å². The van der Waals surface area contributed by atoms with Gasteiger partial charge in [-0.15, -0.1) is 0 Å². The molecule has 0 spiro atoms. The monoisotopic (exact) mass is 291 g/mol. The Hall–Kier alpha value is -1.56. The third kappa shape index (κ3) is 2.60. The van der Waals surface area contributed by atoms with E-state index in [2.05, 4.69) is 57.5 Å². The molecule has 1 aliphatic rings. The van der Waals surface area contributed by atoms with Crippen molar-refractivity contribution in [2.45, 2.75) is 59.3 Å². The molecule has 3 rings (SSSR count). The molecular formula is C22H27. The first-order chi connectivity index (χ1) is 10.8. The van der Waals surface area contributed by atoms with E-state index < -0.39 is 0 Å². The minimum absolute atomic E-state index is 1.21. The second-order valence-electron chi connectivity index (χ2n) is 6.44. The van der Waals surface area contributed by atoms with Gasteiger partial charge in [0.15, 0.2) is 0 Å². The summed E-state index contributed by atoms with van der Waals surface area (Å²) in [6, 6.07) is 11.3.